The van der Waals surface area contributed by atoms with E-state index in [9.17, 15) is 0 Å². The van der Waals surface area contributed by atoms with Crippen LogP contribution in [0.2, 0.25) is 0 Å². The van der Waals surface area contributed by atoms with Gasteiger partial charge in [0, 0.05) is 6.20 Å². The number of nitriles is 1. The van der Waals surface area contributed by atoms with Crippen LogP contribution in [0.15, 0.2) is 29.4 Å². The highest BCUT2D eigenvalue weighted by Gasteiger charge is 1.90. The molecule has 0 fully saturated rings. The third-order valence-corrected chi connectivity index (χ3v) is 1.36. The van der Waals surface area contributed by atoms with Crippen LogP contribution in [0, 0.1) is 17.2 Å². The maximum absolute atomic E-state index is 8.65. The van der Waals surface area contributed by atoms with Crippen LogP contribution >= 0.6 is 0 Å². The number of hydrogen-bond donors (Lipinski definition) is 0. The van der Waals surface area contributed by atoms with E-state index in [0.29, 0.717) is 11.6 Å². The summed E-state index contributed by atoms with van der Waals surface area (Å²) in [5.74, 6) is 0.623. The van der Waals surface area contributed by atoms with Crippen molar-refractivity contribution in [1.82, 2.24) is 0 Å². The quantitative estimate of drug-likeness (QED) is 0.606. The van der Waals surface area contributed by atoms with Crippen LogP contribution in [0.5, 0.6) is 0 Å². The van der Waals surface area contributed by atoms with E-state index in [1.54, 1.807) is 18.4 Å². The van der Waals surface area contributed by atoms with Gasteiger partial charge in [-0.25, -0.2) is 4.99 Å². The van der Waals surface area contributed by atoms with E-state index in [1.807, 2.05) is 19.1 Å². The Morgan fingerprint density at radius 3 is 2.69 bits per heavy atom. The van der Waals surface area contributed by atoms with Gasteiger partial charge in [-0.1, -0.05) is 26.0 Å². The lowest BCUT2D eigenvalue weighted by atomic mass is 10.1. The standard InChI is InChI=1S/C11H16N2/c1-4-8-13-11(9-12)7-5-6-10(2)3/h4-5,7-8,10H,6H2,1-3H3/b7-5-,8-4+,13-11-. The predicted octanol–water partition coefficient (Wildman–Crippen LogP) is 3.09. The van der Waals surface area contributed by atoms with Crippen molar-refractivity contribution in [2.24, 2.45) is 10.9 Å². The van der Waals surface area contributed by atoms with Gasteiger partial charge in [0.1, 0.15) is 11.8 Å². The predicted molar refractivity (Wildman–Crippen MR) is 56.5 cm³/mol. The molecule has 0 saturated carbocycles. The molecule has 0 heterocycles. The Balaban J connectivity index is 4.15. The molecule has 70 valence electrons. The number of nitrogens with zero attached hydrogens (tertiary/aromatic N) is 2. The number of rotatable bonds is 4. The van der Waals surface area contributed by atoms with E-state index in [-0.39, 0.29) is 0 Å². The molecule has 0 spiro atoms. The van der Waals surface area contributed by atoms with E-state index in [2.05, 4.69) is 18.8 Å². The zero-order chi connectivity index (χ0) is 10.1. The summed E-state index contributed by atoms with van der Waals surface area (Å²) in [6.45, 7) is 6.15. The molecule has 0 N–H and O–H groups in total. The van der Waals surface area contributed by atoms with Gasteiger partial charge >= 0.3 is 0 Å². The van der Waals surface area contributed by atoms with E-state index >= 15 is 0 Å². The summed E-state index contributed by atoms with van der Waals surface area (Å²) in [5, 5.41) is 8.65. The van der Waals surface area contributed by atoms with Crippen molar-refractivity contribution in [3.05, 3.63) is 24.4 Å². The number of aliphatic imine (C=N–C) groups is 1. The molecule has 0 aromatic rings. The Morgan fingerprint density at radius 1 is 1.54 bits per heavy atom. The number of allylic oxidation sites excluding steroid dienone is 3. The Labute approximate surface area is 80.3 Å². The summed E-state index contributed by atoms with van der Waals surface area (Å²) in [6, 6.07) is 2.02. The molecule has 0 saturated heterocycles. The molecule has 0 unspecified atom stereocenters. The average Bonchev–Trinajstić information content (AvgIpc) is 2.10. The van der Waals surface area contributed by atoms with E-state index in [1.165, 1.54) is 0 Å². The van der Waals surface area contributed by atoms with Crippen molar-refractivity contribution in [3.63, 3.8) is 0 Å². The average molecular weight is 176 g/mol. The van der Waals surface area contributed by atoms with Crippen molar-refractivity contribution >= 4 is 5.71 Å². The molecule has 0 bridgehead atoms. The first-order chi connectivity index (χ1) is 6.20. The molecule has 13 heavy (non-hydrogen) atoms. The van der Waals surface area contributed by atoms with Crippen LogP contribution in [-0.4, -0.2) is 5.71 Å². The lowest BCUT2D eigenvalue weighted by molar-refractivity contribution is 0.664. The van der Waals surface area contributed by atoms with Crippen molar-refractivity contribution in [2.45, 2.75) is 27.2 Å². The van der Waals surface area contributed by atoms with Crippen LogP contribution in [-0.2, 0) is 0 Å². The normalized spacial score (nSPS) is 13.0. The zero-order valence-corrected chi connectivity index (χ0v) is 8.49. The van der Waals surface area contributed by atoms with Gasteiger partial charge < -0.3 is 0 Å². The van der Waals surface area contributed by atoms with Crippen molar-refractivity contribution in [2.75, 3.05) is 0 Å². The molecule has 0 aliphatic rings. The van der Waals surface area contributed by atoms with Crippen molar-refractivity contribution < 1.29 is 0 Å². The third kappa shape index (κ3) is 7.02. The summed E-state index contributed by atoms with van der Waals surface area (Å²) in [4.78, 5) is 3.95. The van der Waals surface area contributed by atoms with Gasteiger partial charge in [-0.3, -0.25) is 0 Å². The Kier molecular flexibility index (Phi) is 6.53. The first-order valence-corrected chi connectivity index (χ1v) is 4.46. The smallest absolute Gasteiger partial charge is 0.140 e. The summed E-state index contributed by atoms with van der Waals surface area (Å²) in [7, 11) is 0. The molecular formula is C11H16N2. The topological polar surface area (TPSA) is 36.1 Å². The molecule has 0 radical (unpaired) electrons. The lowest BCUT2D eigenvalue weighted by Crippen LogP contribution is -1.88. The number of hydrogen-bond acceptors (Lipinski definition) is 2. The highest BCUT2D eigenvalue weighted by Crippen LogP contribution is 1.99. The summed E-state index contributed by atoms with van der Waals surface area (Å²) in [6.07, 6.45) is 8.15. The highest BCUT2D eigenvalue weighted by atomic mass is 14.7. The molecule has 0 aliphatic heterocycles. The Hall–Kier alpha value is -1.36. The van der Waals surface area contributed by atoms with E-state index < -0.39 is 0 Å². The molecule has 0 aliphatic carbocycles. The molecule has 0 atom stereocenters. The maximum Gasteiger partial charge on any atom is 0.140 e. The fourth-order valence-corrected chi connectivity index (χ4v) is 0.716. The fourth-order valence-electron chi connectivity index (χ4n) is 0.716. The molecule has 0 amide bonds. The van der Waals surface area contributed by atoms with Gasteiger partial charge in [-0.05, 0) is 25.3 Å². The van der Waals surface area contributed by atoms with Gasteiger partial charge in [0.05, 0.1) is 0 Å². The minimum absolute atomic E-state index is 0.457. The first-order valence-electron chi connectivity index (χ1n) is 4.46. The summed E-state index contributed by atoms with van der Waals surface area (Å²) < 4.78 is 0. The first kappa shape index (κ1) is 11.6. The minimum atomic E-state index is 0.457. The van der Waals surface area contributed by atoms with Gasteiger partial charge in [0.2, 0.25) is 0 Å². The molecule has 2 heteroatoms. The monoisotopic (exact) mass is 176 g/mol. The molecular weight excluding hydrogens is 160 g/mol. The van der Waals surface area contributed by atoms with E-state index in [0.717, 1.165) is 6.42 Å². The summed E-state index contributed by atoms with van der Waals surface area (Å²) >= 11 is 0. The Morgan fingerprint density at radius 2 is 2.23 bits per heavy atom. The highest BCUT2D eigenvalue weighted by molar-refractivity contribution is 6.07. The van der Waals surface area contributed by atoms with Gasteiger partial charge in [0.25, 0.3) is 0 Å². The second-order valence-electron chi connectivity index (χ2n) is 3.14. The zero-order valence-electron chi connectivity index (χ0n) is 8.49. The second-order valence-corrected chi connectivity index (χ2v) is 3.14. The van der Waals surface area contributed by atoms with Crippen LogP contribution in [0.3, 0.4) is 0 Å². The van der Waals surface area contributed by atoms with Gasteiger partial charge in [-0.15, -0.1) is 0 Å². The Bertz CT molecular complexity index is 252. The molecule has 0 aromatic heterocycles. The molecule has 0 rings (SSSR count). The van der Waals surface area contributed by atoms with Crippen LogP contribution in [0.1, 0.15) is 27.2 Å². The fraction of sp³-hybridized carbons (Fsp3) is 0.455. The largest absolute Gasteiger partial charge is 0.246 e. The van der Waals surface area contributed by atoms with Crippen LogP contribution in [0.25, 0.3) is 0 Å². The summed E-state index contributed by atoms with van der Waals surface area (Å²) in [5.41, 5.74) is 0.457. The van der Waals surface area contributed by atoms with Crippen LogP contribution < -0.4 is 0 Å². The third-order valence-electron chi connectivity index (χ3n) is 1.36. The maximum atomic E-state index is 8.65. The van der Waals surface area contributed by atoms with E-state index in [4.69, 9.17) is 5.26 Å². The van der Waals surface area contributed by atoms with Gasteiger partial charge in [-0.2, -0.15) is 5.26 Å². The molecule has 0 aromatic carbocycles. The SMILES string of the molecule is C/C=C/N=C(C#N)/C=C\CC(C)C. The van der Waals surface area contributed by atoms with Crippen LogP contribution in [0.4, 0.5) is 0 Å². The second kappa shape index (κ2) is 7.30. The minimum Gasteiger partial charge on any atom is -0.246 e. The van der Waals surface area contributed by atoms with Gasteiger partial charge in [0.15, 0.2) is 0 Å². The van der Waals surface area contributed by atoms with Crippen molar-refractivity contribution in [1.29, 1.82) is 5.26 Å². The van der Waals surface area contributed by atoms with Crippen molar-refractivity contribution in [3.8, 4) is 6.07 Å². The lowest BCUT2D eigenvalue weighted by Gasteiger charge is -1.95. The molecule has 2 nitrogen and oxygen atoms in total.